The lowest BCUT2D eigenvalue weighted by Crippen LogP contribution is -2.03. The van der Waals surface area contributed by atoms with E-state index in [0.717, 1.165) is 10.9 Å². The summed E-state index contributed by atoms with van der Waals surface area (Å²) >= 11 is 0. The minimum Gasteiger partial charge on any atom is -0.489 e. The molecule has 0 fully saturated rings. The van der Waals surface area contributed by atoms with Crippen LogP contribution in [0.4, 0.5) is 0 Å². The third kappa shape index (κ3) is 3.35. The smallest absolute Gasteiger partial charge is 0.345 e. The average molecular weight is 343 g/mol. The molecule has 0 N–H and O–H groups in total. The van der Waals surface area contributed by atoms with Gasteiger partial charge in [0.25, 0.3) is 0 Å². The zero-order chi connectivity index (χ0) is 17.9. The normalized spacial score (nSPS) is 10.8. The van der Waals surface area contributed by atoms with Crippen LogP contribution in [-0.2, 0) is 6.61 Å². The van der Waals surface area contributed by atoms with Crippen LogP contribution in [0.25, 0.3) is 22.2 Å². The van der Waals surface area contributed by atoms with Crippen LogP contribution in [0.5, 0.6) is 5.75 Å². The van der Waals surface area contributed by atoms with Gasteiger partial charge in [0.1, 0.15) is 17.9 Å². The molecule has 4 aromatic rings. The number of fused-ring (bicyclic) bond motifs is 1. The van der Waals surface area contributed by atoms with Gasteiger partial charge in [0.05, 0.1) is 11.3 Å². The molecule has 0 saturated carbocycles. The Morgan fingerprint density at radius 1 is 1.00 bits per heavy atom. The van der Waals surface area contributed by atoms with Crippen molar-refractivity contribution in [3.63, 3.8) is 0 Å². The highest BCUT2D eigenvalue weighted by Crippen LogP contribution is 2.24. The highest BCUT2D eigenvalue weighted by atomic mass is 16.5. The fourth-order valence-electron chi connectivity index (χ4n) is 2.73. The van der Waals surface area contributed by atoms with Crippen molar-refractivity contribution in [1.82, 2.24) is 4.98 Å². The van der Waals surface area contributed by atoms with Gasteiger partial charge in [0.2, 0.25) is 0 Å². The second kappa shape index (κ2) is 6.84. The van der Waals surface area contributed by atoms with Gasteiger partial charge in [-0.05, 0) is 42.8 Å². The number of ether oxygens (including phenoxy) is 1. The molecule has 0 aliphatic carbocycles. The number of hydrogen-bond acceptors (Lipinski definition) is 4. The maximum atomic E-state index is 12.3. The Labute approximate surface area is 150 Å². The Hall–Kier alpha value is -3.40. The maximum absolute atomic E-state index is 12.3. The molecule has 0 saturated heterocycles. The first-order valence-electron chi connectivity index (χ1n) is 8.37. The summed E-state index contributed by atoms with van der Waals surface area (Å²) in [5, 5.41) is 0.827. The van der Waals surface area contributed by atoms with Crippen LogP contribution in [0.1, 0.15) is 11.1 Å². The van der Waals surface area contributed by atoms with Crippen molar-refractivity contribution in [2.24, 2.45) is 0 Å². The molecule has 26 heavy (non-hydrogen) atoms. The van der Waals surface area contributed by atoms with E-state index < -0.39 is 5.63 Å². The van der Waals surface area contributed by atoms with Gasteiger partial charge < -0.3 is 9.15 Å². The predicted molar refractivity (Wildman–Crippen MR) is 101 cm³/mol. The van der Waals surface area contributed by atoms with E-state index in [1.54, 1.807) is 24.4 Å². The molecule has 0 spiro atoms. The minimum atomic E-state index is -0.410. The molecule has 0 bridgehead atoms. The van der Waals surface area contributed by atoms with Crippen LogP contribution in [0.15, 0.2) is 82.1 Å². The van der Waals surface area contributed by atoms with E-state index in [-0.39, 0.29) is 0 Å². The SMILES string of the molecule is Cc1ccc(COc2ccc3cc(-c4ccccn4)c(=O)oc3c2)cc1. The first kappa shape index (κ1) is 16.1. The van der Waals surface area contributed by atoms with Crippen molar-refractivity contribution in [3.8, 4) is 17.0 Å². The highest BCUT2D eigenvalue weighted by molar-refractivity contribution is 5.82. The summed E-state index contributed by atoms with van der Waals surface area (Å²) < 4.78 is 11.3. The number of aromatic nitrogens is 1. The van der Waals surface area contributed by atoms with Crippen molar-refractivity contribution in [3.05, 3.63) is 94.5 Å². The number of aryl methyl sites for hydroxylation is 1. The zero-order valence-electron chi connectivity index (χ0n) is 14.3. The summed E-state index contributed by atoms with van der Waals surface area (Å²) in [4.78, 5) is 16.5. The standard InChI is InChI=1S/C22H17NO3/c1-15-5-7-16(8-6-15)14-25-18-10-9-17-12-19(20-4-2-3-11-23-20)22(24)26-21(17)13-18/h2-13H,14H2,1H3. The summed E-state index contributed by atoms with van der Waals surface area (Å²) in [7, 11) is 0. The molecule has 2 heterocycles. The van der Waals surface area contributed by atoms with Gasteiger partial charge in [-0.25, -0.2) is 4.79 Å². The van der Waals surface area contributed by atoms with Crippen molar-refractivity contribution < 1.29 is 9.15 Å². The molecule has 128 valence electrons. The lowest BCUT2D eigenvalue weighted by molar-refractivity contribution is 0.306. The zero-order valence-corrected chi connectivity index (χ0v) is 14.3. The average Bonchev–Trinajstić information content (AvgIpc) is 2.67. The molecular formula is C22H17NO3. The molecule has 2 aromatic heterocycles. The van der Waals surface area contributed by atoms with Crippen LogP contribution in [0.2, 0.25) is 0 Å². The number of pyridine rings is 1. The molecule has 0 amide bonds. The van der Waals surface area contributed by atoms with E-state index in [2.05, 4.69) is 24.0 Å². The van der Waals surface area contributed by atoms with Crippen LogP contribution in [-0.4, -0.2) is 4.98 Å². The molecular weight excluding hydrogens is 326 g/mol. The third-order valence-corrected chi connectivity index (χ3v) is 4.17. The Kier molecular flexibility index (Phi) is 4.23. The second-order valence-corrected chi connectivity index (χ2v) is 6.14. The Bertz CT molecular complexity index is 1100. The van der Waals surface area contributed by atoms with Crippen molar-refractivity contribution in [1.29, 1.82) is 0 Å². The van der Waals surface area contributed by atoms with Gasteiger partial charge >= 0.3 is 5.63 Å². The maximum Gasteiger partial charge on any atom is 0.345 e. The lowest BCUT2D eigenvalue weighted by Gasteiger charge is -2.08. The van der Waals surface area contributed by atoms with Gasteiger partial charge in [-0.1, -0.05) is 35.9 Å². The Morgan fingerprint density at radius 3 is 2.62 bits per heavy atom. The number of benzene rings is 2. The first-order valence-corrected chi connectivity index (χ1v) is 8.37. The Morgan fingerprint density at radius 2 is 1.85 bits per heavy atom. The van der Waals surface area contributed by atoms with E-state index in [4.69, 9.17) is 9.15 Å². The topological polar surface area (TPSA) is 52.3 Å². The molecule has 0 aliphatic rings. The van der Waals surface area contributed by atoms with E-state index >= 15 is 0 Å². The molecule has 0 aliphatic heterocycles. The summed E-state index contributed by atoms with van der Waals surface area (Å²) in [5.41, 5.74) is 3.44. The Balaban J connectivity index is 1.61. The van der Waals surface area contributed by atoms with Crippen molar-refractivity contribution in [2.75, 3.05) is 0 Å². The molecule has 0 radical (unpaired) electrons. The van der Waals surface area contributed by atoms with Gasteiger partial charge in [-0.3, -0.25) is 4.98 Å². The predicted octanol–water partition coefficient (Wildman–Crippen LogP) is 4.74. The van der Waals surface area contributed by atoms with E-state index in [9.17, 15) is 4.79 Å². The summed E-state index contributed by atoms with van der Waals surface area (Å²) in [6.07, 6.45) is 1.65. The quantitative estimate of drug-likeness (QED) is 0.502. The lowest BCUT2D eigenvalue weighted by atomic mass is 10.1. The summed E-state index contributed by atoms with van der Waals surface area (Å²) in [5.74, 6) is 0.659. The van der Waals surface area contributed by atoms with E-state index in [0.29, 0.717) is 29.2 Å². The minimum absolute atomic E-state index is 0.410. The number of rotatable bonds is 4. The van der Waals surface area contributed by atoms with Gasteiger partial charge in [-0.15, -0.1) is 0 Å². The van der Waals surface area contributed by atoms with Gasteiger partial charge in [-0.2, -0.15) is 0 Å². The van der Waals surface area contributed by atoms with E-state index in [1.165, 1.54) is 5.56 Å². The van der Waals surface area contributed by atoms with Crippen LogP contribution >= 0.6 is 0 Å². The molecule has 4 heteroatoms. The number of hydrogen-bond donors (Lipinski definition) is 0. The monoisotopic (exact) mass is 343 g/mol. The molecule has 2 aromatic carbocycles. The fraction of sp³-hybridized carbons (Fsp3) is 0.0909. The molecule has 0 unspecified atom stereocenters. The van der Waals surface area contributed by atoms with Crippen LogP contribution < -0.4 is 10.4 Å². The number of nitrogens with zero attached hydrogens (tertiary/aromatic N) is 1. The first-order chi connectivity index (χ1) is 12.7. The van der Waals surface area contributed by atoms with Crippen LogP contribution in [0, 0.1) is 6.92 Å². The van der Waals surface area contributed by atoms with Gasteiger partial charge in [0, 0.05) is 17.6 Å². The third-order valence-electron chi connectivity index (χ3n) is 4.17. The molecule has 4 rings (SSSR count). The highest BCUT2D eigenvalue weighted by Gasteiger charge is 2.09. The molecule has 4 nitrogen and oxygen atoms in total. The summed E-state index contributed by atoms with van der Waals surface area (Å²) in [6, 6.07) is 20.9. The molecule has 0 atom stereocenters. The van der Waals surface area contributed by atoms with Crippen LogP contribution in [0.3, 0.4) is 0 Å². The van der Waals surface area contributed by atoms with E-state index in [1.807, 2.05) is 36.4 Å². The largest absolute Gasteiger partial charge is 0.489 e. The fourth-order valence-corrected chi connectivity index (χ4v) is 2.73. The van der Waals surface area contributed by atoms with Crippen molar-refractivity contribution >= 4 is 11.0 Å². The van der Waals surface area contributed by atoms with Crippen molar-refractivity contribution in [2.45, 2.75) is 13.5 Å². The second-order valence-electron chi connectivity index (χ2n) is 6.14. The summed E-state index contributed by atoms with van der Waals surface area (Å²) in [6.45, 7) is 2.51. The van der Waals surface area contributed by atoms with Gasteiger partial charge in [0.15, 0.2) is 0 Å².